The minimum absolute atomic E-state index is 0.153. The molecule has 0 aliphatic rings. The minimum atomic E-state index is -0.325. The highest BCUT2D eigenvalue weighted by molar-refractivity contribution is 6.09. The molecule has 1 aromatic carbocycles. The van der Waals surface area contributed by atoms with Gasteiger partial charge in [0.05, 0.1) is 5.52 Å². The third-order valence-corrected chi connectivity index (χ3v) is 4.99. The zero-order valence-corrected chi connectivity index (χ0v) is 17.5. The Morgan fingerprint density at radius 2 is 1.76 bits per heavy atom. The van der Waals surface area contributed by atoms with Crippen LogP contribution >= 0.6 is 0 Å². The average molecular weight is 393 g/mol. The predicted octanol–water partition coefficient (Wildman–Crippen LogP) is 4.47. The molecule has 0 fully saturated rings. The quantitative estimate of drug-likeness (QED) is 0.645. The molecular formula is C23H28N4O2. The van der Waals surface area contributed by atoms with Crippen molar-refractivity contribution in [2.75, 3.05) is 18.4 Å². The fourth-order valence-electron chi connectivity index (χ4n) is 3.36. The summed E-state index contributed by atoms with van der Waals surface area (Å²) in [6.07, 6.45) is 3.52. The number of fused-ring (bicyclic) bond motifs is 1. The highest BCUT2D eigenvalue weighted by atomic mass is 16.2. The molecule has 29 heavy (non-hydrogen) atoms. The van der Waals surface area contributed by atoms with E-state index in [1.165, 1.54) is 0 Å². The standard InChI is InChI=1S/C23H28N4O2/c1-5-12-26(13-6-2)23(29)21-25-20(19-9-7-8-14-27(19)21)22(28)24-18-11-10-16(3)17(4)15-18/h7-11,14-15H,5-6,12-13H2,1-4H3,(H,24,28). The van der Waals surface area contributed by atoms with Crippen LogP contribution in [0.15, 0.2) is 42.6 Å². The van der Waals surface area contributed by atoms with Crippen molar-refractivity contribution in [3.05, 3.63) is 65.2 Å². The molecule has 0 aliphatic carbocycles. The number of imidazole rings is 1. The van der Waals surface area contributed by atoms with Crippen molar-refractivity contribution in [2.24, 2.45) is 0 Å². The summed E-state index contributed by atoms with van der Waals surface area (Å²) in [6, 6.07) is 11.3. The Balaban J connectivity index is 1.97. The van der Waals surface area contributed by atoms with Crippen LogP contribution in [-0.4, -0.2) is 39.2 Å². The van der Waals surface area contributed by atoms with Gasteiger partial charge in [-0.15, -0.1) is 0 Å². The van der Waals surface area contributed by atoms with E-state index in [0.29, 0.717) is 24.3 Å². The lowest BCUT2D eigenvalue weighted by molar-refractivity contribution is 0.0742. The molecule has 3 rings (SSSR count). The summed E-state index contributed by atoms with van der Waals surface area (Å²) in [5.41, 5.74) is 3.84. The number of nitrogens with zero attached hydrogens (tertiary/aromatic N) is 3. The molecule has 2 amide bonds. The largest absolute Gasteiger partial charge is 0.336 e. The van der Waals surface area contributed by atoms with Crippen molar-refractivity contribution in [1.82, 2.24) is 14.3 Å². The number of nitrogens with one attached hydrogen (secondary N) is 1. The van der Waals surface area contributed by atoms with Gasteiger partial charge in [-0.05, 0) is 62.1 Å². The lowest BCUT2D eigenvalue weighted by atomic mass is 10.1. The Labute approximate surface area is 171 Å². The minimum Gasteiger partial charge on any atom is -0.336 e. The molecule has 0 radical (unpaired) electrons. The maximum Gasteiger partial charge on any atom is 0.290 e. The lowest BCUT2D eigenvalue weighted by Crippen LogP contribution is -2.33. The molecule has 6 nitrogen and oxygen atoms in total. The maximum absolute atomic E-state index is 13.1. The van der Waals surface area contributed by atoms with Gasteiger partial charge in [-0.1, -0.05) is 26.0 Å². The van der Waals surface area contributed by atoms with Gasteiger partial charge in [0, 0.05) is 25.0 Å². The molecule has 1 N–H and O–H groups in total. The maximum atomic E-state index is 13.1. The van der Waals surface area contributed by atoms with Crippen LogP contribution in [0.25, 0.3) is 5.52 Å². The van der Waals surface area contributed by atoms with Crippen molar-refractivity contribution in [2.45, 2.75) is 40.5 Å². The number of anilines is 1. The predicted molar refractivity (Wildman–Crippen MR) is 116 cm³/mol. The van der Waals surface area contributed by atoms with Crippen LogP contribution < -0.4 is 5.32 Å². The fraction of sp³-hybridized carbons (Fsp3) is 0.348. The summed E-state index contributed by atoms with van der Waals surface area (Å²) in [5.74, 6) is -0.207. The van der Waals surface area contributed by atoms with Crippen LogP contribution in [0.4, 0.5) is 5.69 Å². The third kappa shape index (κ3) is 4.31. The number of carbonyl (C=O) groups excluding carboxylic acids is 2. The molecule has 2 heterocycles. The van der Waals surface area contributed by atoms with E-state index in [2.05, 4.69) is 10.3 Å². The number of pyridine rings is 1. The Kier molecular flexibility index (Phi) is 6.32. The number of benzene rings is 1. The van der Waals surface area contributed by atoms with Crippen LogP contribution in [0.1, 0.15) is 58.9 Å². The first-order valence-electron chi connectivity index (χ1n) is 10.1. The summed E-state index contributed by atoms with van der Waals surface area (Å²) in [5, 5.41) is 2.91. The summed E-state index contributed by atoms with van der Waals surface area (Å²) in [7, 11) is 0. The Morgan fingerprint density at radius 3 is 2.41 bits per heavy atom. The van der Waals surface area contributed by atoms with Gasteiger partial charge >= 0.3 is 0 Å². The molecule has 2 aromatic heterocycles. The van der Waals surface area contributed by atoms with E-state index in [-0.39, 0.29) is 23.3 Å². The second kappa shape index (κ2) is 8.90. The number of hydrogen-bond donors (Lipinski definition) is 1. The van der Waals surface area contributed by atoms with Crippen molar-refractivity contribution in [3.63, 3.8) is 0 Å². The molecule has 0 aliphatic heterocycles. The summed E-state index contributed by atoms with van der Waals surface area (Å²) < 4.78 is 1.70. The van der Waals surface area contributed by atoms with Gasteiger partial charge < -0.3 is 10.2 Å². The van der Waals surface area contributed by atoms with Gasteiger partial charge in [0.1, 0.15) is 0 Å². The van der Waals surface area contributed by atoms with Crippen molar-refractivity contribution >= 4 is 23.0 Å². The van der Waals surface area contributed by atoms with E-state index in [4.69, 9.17) is 0 Å². The number of aromatic nitrogens is 2. The molecule has 0 bridgehead atoms. The summed E-state index contributed by atoms with van der Waals surface area (Å²) in [6.45, 7) is 9.45. The van der Waals surface area contributed by atoms with Crippen LogP contribution in [0, 0.1) is 13.8 Å². The van der Waals surface area contributed by atoms with Gasteiger partial charge in [0.25, 0.3) is 11.8 Å². The first-order valence-corrected chi connectivity index (χ1v) is 10.1. The van der Waals surface area contributed by atoms with Crippen LogP contribution in [-0.2, 0) is 0 Å². The average Bonchev–Trinajstić information content (AvgIpc) is 3.10. The van der Waals surface area contributed by atoms with E-state index in [1.54, 1.807) is 15.5 Å². The number of carbonyl (C=O) groups is 2. The lowest BCUT2D eigenvalue weighted by Gasteiger charge is -2.20. The first-order chi connectivity index (χ1) is 14.0. The van der Waals surface area contributed by atoms with Crippen molar-refractivity contribution < 1.29 is 9.59 Å². The van der Waals surface area contributed by atoms with E-state index < -0.39 is 0 Å². The van der Waals surface area contributed by atoms with Gasteiger partial charge in [-0.2, -0.15) is 0 Å². The molecule has 0 atom stereocenters. The van der Waals surface area contributed by atoms with Crippen molar-refractivity contribution in [1.29, 1.82) is 0 Å². The van der Waals surface area contributed by atoms with E-state index >= 15 is 0 Å². The smallest absolute Gasteiger partial charge is 0.290 e. The third-order valence-electron chi connectivity index (χ3n) is 4.99. The summed E-state index contributed by atoms with van der Waals surface area (Å²) in [4.78, 5) is 32.4. The molecule has 0 spiro atoms. The Hall–Kier alpha value is -3.15. The zero-order chi connectivity index (χ0) is 21.0. The number of hydrogen-bond acceptors (Lipinski definition) is 3. The number of rotatable bonds is 7. The van der Waals surface area contributed by atoms with Gasteiger partial charge in [-0.3, -0.25) is 14.0 Å². The molecule has 152 valence electrons. The Bertz CT molecular complexity index is 1030. The van der Waals surface area contributed by atoms with Gasteiger partial charge in [-0.25, -0.2) is 4.98 Å². The molecule has 0 unspecified atom stereocenters. The molecule has 3 aromatic rings. The number of aryl methyl sites for hydroxylation is 2. The fourth-order valence-corrected chi connectivity index (χ4v) is 3.36. The zero-order valence-electron chi connectivity index (χ0n) is 17.5. The molecule has 0 saturated carbocycles. The van der Waals surface area contributed by atoms with Crippen LogP contribution in [0.5, 0.6) is 0 Å². The van der Waals surface area contributed by atoms with Crippen LogP contribution in [0.3, 0.4) is 0 Å². The SMILES string of the molecule is CCCN(CCC)C(=O)c1nc(C(=O)Nc2ccc(C)c(C)c2)c2ccccn12. The van der Waals surface area contributed by atoms with E-state index in [0.717, 1.165) is 24.0 Å². The number of amides is 2. The second-order valence-electron chi connectivity index (χ2n) is 7.29. The van der Waals surface area contributed by atoms with Gasteiger partial charge in [0.15, 0.2) is 5.69 Å². The van der Waals surface area contributed by atoms with Gasteiger partial charge in [0.2, 0.25) is 5.82 Å². The highest BCUT2D eigenvalue weighted by Gasteiger charge is 2.24. The summed E-state index contributed by atoms with van der Waals surface area (Å²) >= 11 is 0. The molecular weight excluding hydrogens is 364 g/mol. The monoisotopic (exact) mass is 392 g/mol. The van der Waals surface area contributed by atoms with Crippen LogP contribution in [0.2, 0.25) is 0 Å². The normalized spacial score (nSPS) is 10.9. The first kappa shape index (κ1) is 20.6. The molecule has 0 saturated heterocycles. The highest BCUT2D eigenvalue weighted by Crippen LogP contribution is 2.19. The molecule has 6 heteroatoms. The topological polar surface area (TPSA) is 66.7 Å². The Morgan fingerprint density at radius 1 is 1.03 bits per heavy atom. The second-order valence-corrected chi connectivity index (χ2v) is 7.29. The van der Waals surface area contributed by atoms with E-state index in [1.807, 2.05) is 64.1 Å². The van der Waals surface area contributed by atoms with Crippen molar-refractivity contribution in [3.8, 4) is 0 Å². The van der Waals surface area contributed by atoms with E-state index in [9.17, 15) is 9.59 Å².